The second-order valence-electron chi connectivity index (χ2n) is 3.44. The number of hydrogen-bond donors (Lipinski definition) is 0. The van der Waals surface area contributed by atoms with Crippen molar-refractivity contribution in [3.63, 3.8) is 0 Å². The van der Waals surface area contributed by atoms with Crippen LogP contribution in [0.25, 0.3) is 10.8 Å². The summed E-state index contributed by atoms with van der Waals surface area (Å²) in [4.78, 5) is 0. The molecule has 0 N–H and O–H groups in total. The molecule has 0 spiro atoms. The van der Waals surface area contributed by atoms with Crippen LogP contribution in [0.4, 0.5) is 0 Å². The predicted octanol–water partition coefficient (Wildman–Crippen LogP) is 3.06. The minimum Gasteiger partial charge on any atom is -0.490 e. The van der Waals surface area contributed by atoms with Crippen LogP contribution in [-0.2, 0) is 4.74 Å². The predicted molar refractivity (Wildman–Crippen MR) is 64.8 cm³/mol. The van der Waals surface area contributed by atoms with Gasteiger partial charge in [0.1, 0.15) is 12.4 Å². The highest BCUT2D eigenvalue weighted by molar-refractivity contribution is 5.87. The first-order chi connectivity index (χ1) is 7.92. The maximum Gasteiger partial charge on any atom is 0.135 e. The molecule has 0 aliphatic carbocycles. The molecule has 2 aromatic rings. The topological polar surface area (TPSA) is 18.5 Å². The molecule has 0 fully saturated rings. The minimum atomic E-state index is 0.568. The largest absolute Gasteiger partial charge is 0.490 e. The Morgan fingerprint density at radius 3 is 2.88 bits per heavy atom. The summed E-state index contributed by atoms with van der Waals surface area (Å²) < 4.78 is 10.9. The first-order valence-electron chi connectivity index (χ1n) is 5.52. The lowest BCUT2D eigenvalue weighted by molar-refractivity contribution is 0.110. The van der Waals surface area contributed by atoms with Crippen molar-refractivity contribution in [2.24, 2.45) is 0 Å². The lowest BCUT2D eigenvalue weighted by Gasteiger charge is -2.08. The zero-order valence-electron chi connectivity index (χ0n) is 9.40. The number of benzene rings is 2. The fourth-order valence-corrected chi connectivity index (χ4v) is 1.60. The molecule has 0 atom stereocenters. The summed E-state index contributed by atoms with van der Waals surface area (Å²) >= 11 is 0. The Morgan fingerprint density at radius 1 is 1.12 bits per heavy atom. The van der Waals surface area contributed by atoms with Crippen molar-refractivity contribution in [2.75, 3.05) is 19.8 Å². The van der Waals surface area contributed by atoms with Gasteiger partial charge in [-0.2, -0.15) is 0 Å². The number of hydrogen-bond acceptors (Lipinski definition) is 2. The summed E-state index contributed by atoms with van der Waals surface area (Å²) in [7, 11) is 0. The van der Waals surface area contributed by atoms with Crippen molar-refractivity contribution in [1.29, 1.82) is 0 Å². The number of rotatable bonds is 5. The van der Waals surface area contributed by atoms with Crippen LogP contribution in [0.1, 0.15) is 6.92 Å². The minimum absolute atomic E-state index is 0.568. The van der Waals surface area contributed by atoms with Crippen LogP contribution in [0, 0.1) is 6.07 Å². The molecule has 0 amide bonds. The van der Waals surface area contributed by atoms with E-state index in [1.807, 2.05) is 37.3 Å². The molecule has 0 heterocycles. The summed E-state index contributed by atoms with van der Waals surface area (Å²) in [5.74, 6) is 0.804. The van der Waals surface area contributed by atoms with Crippen LogP contribution in [0.15, 0.2) is 36.4 Å². The molecule has 0 aliphatic rings. The maximum absolute atomic E-state index is 5.64. The van der Waals surface area contributed by atoms with Crippen LogP contribution < -0.4 is 4.74 Å². The molecule has 0 unspecified atom stereocenters. The van der Waals surface area contributed by atoms with Crippen molar-refractivity contribution < 1.29 is 9.47 Å². The van der Waals surface area contributed by atoms with Gasteiger partial charge in [0.2, 0.25) is 0 Å². The zero-order valence-corrected chi connectivity index (χ0v) is 9.40. The fraction of sp³-hybridized carbons (Fsp3) is 0.286. The first-order valence-corrected chi connectivity index (χ1v) is 5.52. The molecule has 83 valence electrons. The standard InChI is InChI=1S/C14H15O2/c1-2-15-10-11-16-14-9-5-7-12-6-3-4-8-13(12)14/h3-8H,2,10-11H2,1H3. The van der Waals surface area contributed by atoms with Crippen molar-refractivity contribution >= 4 is 10.8 Å². The fourth-order valence-electron chi connectivity index (χ4n) is 1.60. The lowest BCUT2D eigenvalue weighted by atomic mass is 10.1. The maximum atomic E-state index is 5.64. The summed E-state index contributed by atoms with van der Waals surface area (Å²) in [6, 6.07) is 15.2. The van der Waals surface area contributed by atoms with Gasteiger partial charge >= 0.3 is 0 Å². The lowest BCUT2D eigenvalue weighted by Crippen LogP contribution is -2.06. The van der Waals surface area contributed by atoms with Gasteiger partial charge in [-0.15, -0.1) is 0 Å². The molecular formula is C14H15O2. The Bertz CT molecular complexity index is 446. The zero-order chi connectivity index (χ0) is 11.2. The third kappa shape index (κ3) is 2.52. The molecular weight excluding hydrogens is 200 g/mol. The number of fused-ring (bicyclic) bond motifs is 1. The summed E-state index contributed by atoms with van der Waals surface area (Å²) in [5, 5.41) is 2.27. The SMILES string of the molecule is CCOCCOc1[c]ccc2ccccc12. The number of ether oxygens (including phenoxy) is 2. The molecule has 16 heavy (non-hydrogen) atoms. The molecule has 0 saturated carbocycles. The van der Waals surface area contributed by atoms with Crippen LogP contribution >= 0.6 is 0 Å². The Morgan fingerprint density at radius 2 is 2.00 bits per heavy atom. The molecule has 0 saturated heterocycles. The molecule has 2 heteroatoms. The van der Waals surface area contributed by atoms with E-state index in [-0.39, 0.29) is 0 Å². The summed E-state index contributed by atoms with van der Waals surface area (Å²) in [6.07, 6.45) is 0. The van der Waals surface area contributed by atoms with Crippen molar-refractivity contribution in [1.82, 2.24) is 0 Å². The second-order valence-corrected chi connectivity index (χ2v) is 3.44. The van der Waals surface area contributed by atoms with E-state index in [0.29, 0.717) is 13.2 Å². The van der Waals surface area contributed by atoms with E-state index in [9.17, 15) is 0 Å². The van der Waals surface area contributed by atoms with E-state index in [1.165, 1.54) is 5.39 Å². The van der Waals surface area contributed by atoms with Gasteiger partial charge in [0.25, 0.3) is 0 Å². The Balaban J connectivity index is 2.11. The van der Waals surface area contributed by atoms with Crippen LogP contribution in [0.3, 0.4) is 0 Å². The smallest absolute Gasteiger partial charge is 0.135 e. The van der Waals surface area contributed by atoms with Gasteiger partial charge < -0.3 is 9.47 Å². The van der Waals surface area contributed by atoms with Gasteiger partial charge in [0.05, 0.1) is 6.61 Å². The second kappa shape index (κ2) is 5.52. The molecule has 1 radical (unpaired) electrons. The first kappa shape index (κ1) is 11.0. The molecule has 0 aromatic heterocycles. The van der Waals surface area contributed by atoms with Crippen LogP contribution in [0.5, 0.6) is 5.75 Å². The summed E-state index contributed by atoms with van der Waals surface area (Å²) in [6.45, 7) is 3.89. The van der Waals surface area contributed by atoms with Gasteiger partial charge in [-0.05, 0) is 18.4 Å². The Labute approximate surface area is 95.8 Å². The van der Waals surface area contributed by atoms with Gasteiger partial charge in [0.15, 0.2) is 0 Å². The van der Waals surface area contributed by atoms with Crippen molar-refractivity contribution in [3.05, 3.63) is 42.5 Å². The van der Waals surface area contributed by atoms with E-state index < -0.39 is 0 Å². The molecule has 2 aromatic carbocycles. The highest BCUT2D eigenvalue weighted by Crippen LogP contribution is 2.24. The third-order valence-corrected chi connectivity index (χ3v) is 2.36. The average Bonchev–Trinajstić information content (AvgIpc) is 2.35. The monoisotopic (exact) mass is 215 g/mol. The van der Waals surface area contributed by atoms with E-state index in [0.717, 1.165) is 17.7 Å². The van der Waals surface area contributed by atoms with Gasteiger partial charge in [-0.25, -0.2) is 0 Å². The van der Waals surface area contributed by atoms with Crippen LogP contribution in [-0.4, -0.2) is 19.8 Å². The van der Waals surface area contributed by atoms with Crippen molar-refractivity contribution in [2.45, 2.75) is 6.92 Å². The Kier molecular flexibility index (Phi) is 3.78. The van der Waals surface area contributed by atoms with Crippen molar-refractivity contribution in [3.8, 4) is 5.75 Å². The van der Waals surface area contributed by atoms with E-state index in [2.05, 4.69) is 12.1 Å². The molecule has 0 bridgehead atoms. The van der Waals surface area contributed by atoms with Gasteiger partial charge in [0, 0.05) is 18.1 Å². The van der Waals surface area contributed by atoms with E-state index >= 15 is 0 Å². The summed E-state index contributed by atoms with van der Waals surface area (Å²) in [5.41, 5.74) is 0. The normalized spacial score (nSPS) is 10.6. The quantitative estimate of drug-likeness (QED) is 0.714. The molecule has 0 aliphatic heterocycles. The highest BCUT2D eigenvalue weighted by atomic mass is 16.5. The van der Waals surface area contributed by atoms with Crippen LogP contribution in [0.2, 0.25) is 0 Å². The van der Waals surface area contributed by atoms with Gasteiger partial charge in [-0.3, -0.25) is 0 Å². The van der Waals surface area contributed by atoms with Gasteiger partial charge in [-0.1, -0.05) is 30.3 Å². The Hall–Kier alpha value is -1.54. The molecule has 2 rings (SSSR count). The third-order valence-electron chi connectivity index (χ3n) is 2.36. The molecule has 2 nitrogen and oxygen atoms in total. The average molecular weight is 215 g/mol. The highest BCUT2D eigenvalue weighted by Gasteiger charge is 2.00. The van der Waals surface area contributed by atoms with E-state index in [4.69, 9.17) is 9.47 Å². The van der Waals surface area contributed by atoms with E-state index in [1.54, 1.807) is 0 Å².